The summed E-state index contributed by atoms with van der Waals surface area (Å²) in [4.78, 5) is 31.3. The topological polar surface area (TPSA) is 87.2 Å². The highest BCUT2D eigenvalue weighted by atomic mass is 15.2. The van der Waals surface area contributed by atoms with Gasteiger partial charge in [-0.1, -0.05) is 164 Å². The molecule has 4 heterocycles. The third-order valence-electron chi connectivity index (χ3n) is 11.5. The molecule has 0 unspecified atom stereocenters. The molecule has 12 aromatic rings. The monoisotopic (exact) mass is 794 g/mol. The second kappa shape index (κ2) is 14.6. The summed E-state index contributed by atoms with van der Waals surface area (Å²) in [5.41, 5.74) is 9.34. The van der Waals surface area contributed by atoms with Crippen LogP contribution in [0.1, 0.15) is 0 Å². The Labute approximate surface area is 356 Å². The second-order valence-corrected chi connectivity index (χ2v) is 15.2. The van der Waals surface area contributed by atoms with Crippen molar-refractivity contribution in [3.8, 4) is 68.6 Å². The van der Waals surface area contributed by atoms with Gasteiger partial charge in [-0.25, -0.2) is 19.9 Å². The van der Waals surface area contributed by atoms with Crippen molar-refractivity contribution in [1.29, 1.82) is 0 Å². The van der Waals surface area contributed by atoms with E-state index in [1.54, 1.807) is 0 Å². The van der Waals surface area contributed by atoms with Gasteiger partial charge < -0.3 is 4.57 Å². The lowest BCUT2D eigenvalue weighted by Gasteiger charge is -2.16. The maximum atomic E-state index is 5.31. The van der Waals surface area contributed by atoms with Gasteiger partial charge in [0.25, 0.3) is 0 Å². The summed E-state index contributed by atoms with van der Waals surface area (Å²) in [6, 6.07) is 70.4. The average molecular weight is 795 g/mol. The summed E-state index contributed by atoms with van der Waals surface area (Å²) in [5, 5.41) is 4.57. The van der Waals surface area contributed by atoms with Crippen LogP contribution in [-0.2, 0) is 0 Å². The first-order valence-electron chi connectivity index (χ1n) is 20.6. The summed E-state index contributed by atoms with van der Waals surface area (Å²) < 4.78 is 4.45. The lowest BCUT2D eigenvalue weighted by Crippen LogP contribution is -2.07. The Morgan fingerprint density at radius 2 is 0.597 bits per heavy atom. The largest absolute Gasteiger partial charge is 0.309 e. The van der Waals surface area contributed by atoms with E-state index in [-0.39, 0.29) is 0 Å². The zero-order valence-corrected chi connectivity index (χ0v) is 33.2. The molecular formula is C54H34N8. The van der Waals surface area contributed by atoms with Gasteiger partial charge in [0.05, 0.1) is 27.8 Å². The van der Waals surface area contributed by atoms with Crippen LogP contribution in [0.15, 0.2) is 206 Å². The molecule has 0 atom stereocenters. The third kappa shape index (κ3) is 5.92. The lowest BCUT2D eigenvalue weighted by molar-refractivity contribution is 0.953. The van der Waals surface area contributed by atoms with Gasteiger partial charge >= 0.3 is 0 Å². The molecule has 0 amide bonds. The number of aromatic nitrogens is 8. The zero-order valence-electron chi connectivity index (χ0n) is 33.2. The molecule has 8 aromatic carbocycles. The van der Waals surface area contributed by atoms with Gasteiger partial charge in [0, 0.05) is 49.4 Å². The Morgan fingerprint density at radius 3 is 1.03 bits per heavy atom. The van der Waals surface area contributed by atoms with Crippen LogP contribution < -0.4 is 0 Å². The van der Waals surface area contributed by atoms with E-state index >= 15 is 0 Å². The molecule has 0 aliphatic heterocycles. The number of para-hydroxylation sites is 4. The van der Waals surface area contributed by atoms with E-state index < -0.39 is 0 Å². The van der Waals surface area contributed by atoms with E-state index in [9.17, 15) is 0 Å². The zero-order chi connectivity index (χ0) is 41.0. The fourth-order valence-electron chi connectivity index (χ4n) is 8.61. The van der Waals surface area contributed by atoms with Crippen molar-refractivity contribution in [2.24, 2.45) is 0 Å². The molecule has 0 aliphatic rings. The standard InChI is InChI=1S/C54H34N8/c1-4-18-35(19-5-1)49-55-50(36-20-6-2-7-21-36)58-53(57-49)43-34-38(32-33-48(43)61-44-28-14-10-24-39(44)40-25-11-15-29-45(40)61)52-56-51(37-22-8-3-9-23-37)59-54(60-52)62-46-30-16-12-26-41(46)42-27-13-17-31-47(42)62/h1-34H. The SMILES string of the molecule is c1ccc(-c2nc(-c3ccccc3)nc(-c3cc(-c4nc(-c5ccccc5)nc(-n5c6ccccc6c6ccccc65)n4)ccc3-n3c4ccccc4c4ccccc43)n2)cc1. The van der Waals surface area contributed by atoms with Crippen molar-refractivity contribution in [3.05, 3.63) is 206 Å². The van der Waals surface area contributed by atoms with Crippen molar-refractivity contribution < 1.29 is 0 Å². The highest BCUT2D eigenvalue weighted by Crippen LogP contribution is 2.39. The van der Waals surface area contributed by atoms with Crippen LogP contribution in [0.25, 0.3) is 112 Å². The molecule has 0 N–H and O–H groups in total. The van der Waals surface area contributed by atoms with E-state index in [0.29, 0.717) is 35.1 Å². The van der Waals surface area contributed by atoms with Gasteiger partial charge in [-0.15, -0.1) is 0 Å². The highest BCUT2D eigenvalue weighted by Gasteiger charge is 2.23. The quantitative estimate of drug-likeness (QED) is 0.160. The summed E-state index contributed by atoms with van der Waals surface area (Å²) in [6.45, 7) is 0. The van der Waals surface area contributed by atoms with E-state index in [4.69, 9.17) is 29.9 Å². The van der Waals surface area contributed by atoms with Gasteiger partial charge in [0.2, 0.25) is 5.95 Å². The molecular weight excluding hydrogens is 761 g/mol. The number of nitrogens with zero attached hydrogens (tertiary/aromatic N) is 8. The maximum absolute atomic E-state index is 5.31. The fraction of sp³-hybridized carbons (Fsp3) is 0. The van der Waals surface area contributed by atoms with Gasteiger partial charge in [0.15, 0.2) is 29.1 Å². The minimum atomic E-state index is 0.520. The predicted octanol–water partition coefficient (Wildman–Crippen LogP) is 12.6. The van der Waals surface area contributed by atoms with Gasteiger partial charge in [-0.3, -0.25) is 4.57 Å². The number of rotatable bonds is 7. The molecule has 8 nitrogen and oxygen atoms in total. The molecule has 8 heteroatoms. The molecule has 62 heavy (non-hydrogen) atoms. The fourth-order valence-corrected chi connectivity index (χ4v) is 8.61. The molecule has 290 valence electrons. The Bertz CT molecular complexity index is 3470. The molecule has 0 spiro atoms. The molecule has 4 aromatic heterocycles. The van der Waals surface area contributed by atoms with Crippen molar-refractivity contribution in [3.63, 3.8) is 0 Å². The Morgan fingerprint density at radius 1 is 0.258 bits per heavy atom. The van der Waals surface area contributed by atoms with Gasteiger partial charge in [-0.05, 0) is 42.5 Å². The van der Waals surface area contributed by atoms with E-state index in [1.165, 1.54) is 0 Å². The Hall–Kier alpha value is -8.62. The van der Waals surface area contributed by atoms with Crippen LogP contribution >= 0.6 is 0 Å². The Kier molecular flexibility index (Phi) is 8.31. The summed E-state index contributed by atoms with van der Waals surface area (Å²) in [5.74, 6) is 3.29. The van der Waals surface area contributed by atoms with Crippen molar-refractivity contribution in [2.75, 3.05) is 0 Å². The highest BCUT2D eigenvalue weighted by molar-refractivity contribution is 6.10. The summed E-state index contributed by atoms with van der Waals surface area (Å²) in [6.07, 6.45) is 0. The number of benzene rings is 8. The van der Waals surface area contributed by atoms with Crippen LogP contribution in [-0.4, -0.2) is 39.0 Å². The van der Waals surface area contributed by atoms with Crippen LogP contribution in [0.4, 0.5) is 0 Å². The lowest BCUT2D eigenvalue weighted by atomic mass is 10.1. The van der Waals surface area contributed by atoms with Gasteiger partial charge in [0.1, 0.15) is 0 Å². The van der Waals surface area contributed by atoms with Crippen LogP contribution in [0.2, 0.25) is 0 Å². The first-order chi connectivity index (χ1) is 30.7. The predicted molar refractivity (Wildman–Crippen MR) is 249 cm³/mol. The second-order valence-electron chi connectivity index (χ2n) is 15.2. The Balaban J connectivity index is 1.16. The van der Waals surface area contributed by atoms with Crippen molar-refractivity contribution in [1.82, 2.24) is 39.0 Å². The molecule has 12 rings (SSSR count). The maximum Gasteiger partial charge on any atom is 0.238 e. The molecule has 0 aliphatic carbocycles. The van der Waals surface area contributed by atoms with E-state index in [2.05, 4.69) is 124 Å². The summed E-state index contributed by atoms with van der Waals surface area (Å²) in [7, 11) is 0. The number of fused-ring (bicyclic) bond motifs is 6. The molecule has 0 bridgehead atoms. The molecule has 0 saturated carbocycles. The van der Waals surface area contributed by atoms with Crippen LogP contribution in [0.5, 0.6) is 0 Å². The third-order valence-corrected chi connectivity index (χ3v) is 11.5. The van der Waals surface area contributed by atoms with Gasteiger partial charge in [-0.2, -0.15) is 9.97 Å². The minimum Gasteiger partial charge on any atom is -0.309 e. The molecule has 0 saturated heterocycles. The summed E-state index contributed by atoms with van der Waals surface area (Å²) >= 11 is 0. The van der Waals surface area contributed by atoms with E-state index in [1.807, 2.05) is 91.0 Å². The van der Waals surface area contributed by atoms with Crippen molar-refractivity contribution >= 4 is 43.6 Å². The number of hydrogen-bond donors (Lipinski definition) is 0. The normalized spacial score (nSPS) is 11.5. The van der Waals surface area contributed by atoms with Crippen LogP contribution in [0.3, 0.4) is 0 Å². The minimum absolute atomic E-state index is 0.520. The van der Waals surface area contributed by atoms with Crippen molar-refractivity contribution in [2.45, 2.75) is 0 Å². The molecule has 0 radical (unpaired) electrons. The average Bonchev–Trinajstić information content (AvgIpc) is 3.87. The number of hydrogen-bond acceptors (Lipinski definition) is 6. The first kappa shape index (κ1) is 35.3. The molecule has 0 fully saturated rings. The first-order valence-corrected chi connectivity index (χ1v) is 20.6. The van der Waals surface area contributed by atoms with Crippen LogP contribution in [0, 0.1) is 0 Å². The smallest absolute Gasteiger partial charge is 0.238 e. The van der Waals surface area contributed by atoms with E-state index in [0.717, 1.165) is 77.1 Å².